The van der Waals surface area contributed by atoms with Gasteiger partial charge in [-0.1, -0.05) is 20.8 Å². The van der Waals surface area contributed by atoms with E-state index < -0.39 is 89.7 Å². The van der Waals surface area contributed by atoms with Gasteiger partial charge in [0.1, 0.15) is 23.9 Å². The number of likely N-dealkylation sites (N-methyl/N-ethyl adjacent to an activating group) is 1. The number of aliphatic hydroxyl groups excluding tert-OH is 2. The molecule has 0 aliphatic carbocycles. The van der Waals surface area contributed by atoms with Crippen molar-refractivity contribution < 1.29 is 58.4 Å². The summed E-state index contributed by atoms with van der Waals surface area (Å²) in [7, 11) is 5.22. The normalized spacial score (nSPS) is 48.4. The summed E-state index contributed by atoms with van der Waals surface area (Å²) in [6.45, 7) is 16.9. The van der Waals surface area contributed by atoms with Crippen molar-refractivity contribution in [3.8, 4) is 0 Å². The number of hydrogen-bond acceptors (Lipinski definition) is 13. The van der Waals surface area contributed by atoms with E-state index in [9.17, 15) is 30.0 Å². The van der Waals surface area contributed by atoms with Gasteiger partial charge in [0.25, 0.3) is 0 Å². The molecule has 2 saturated heterocycles. The molecule has 0 aromatic rings. The Kier molecular flexibility index (Phi) is 14.3. The van der Waals surface area contributed by atoms with Crippen LogP contribution in [0.25, 0.3) is 0 Å². The van der Waals surface area contributed by atoms with Gasteiger partial charge in [-0.05, 0) is 93.5 Å². The number of Topliss-reactive ketones (excluding diaryl/α,β-unsaturated/α-hetero) is 1. The van der Waals surface area contributed by atoms with Gasteiger partial charge in [-0.15, -0.1) is 0 Å². The minimum absolute atomic E-state index is 0.0582. The molecule has 16 unspecified atom stereocenters. The zero-order chi connectivity index (χ0) is 38.1. The largest absolute Gasteiger partial charge is 0.459 e. The summed E-state index contributed by atoms with van der Waals surface area (Å²) in [4.78, 5) is 29.6. The number of carbonyl (C=O) groups excluding carboxylic acids is 2. The monoisotopic (exact) mass is 715 g/mol. The van der Waals surface area contributed by atoms with Crippen molar-refractivity contribution in [1.82, 2.24) is 4.90 Å². The zero-order valence-electron chi connectivity index (χ0n) is 32.4. The molecule has 0 spiro atoms. The summed E-state index contributed by atoms with van der Waals surface area (Å²) in [5.41, 5.74) is -4.16. The van der Waals surface area contributed by atoms with E-state index in [1.807, 2.05) is 25.9 Å². The van der Waals surface area contributed by atoms with Crippen molar-refractivity contribution >= 4 is 11.8 Å². The molecule has 0 radical (unpaired) electrons. The molecule has 3 heterocycles. The Hall–Kier alpha value is -1.52. The van der Waals surface area contributed by atoms with Gasteiger partial charge in [0, 0.05) is 31.4 Å². The van der Waals surface area contributed by atoms with E-state index in [1.54, 1.807) is 55.4 Å². The average Bonchev–Trinajstić information content (AvgIpc) is 3.02. The lowest BCUT2D eigenvalue weighted by molar-refractivity contribution is -0.317. The van der Waals surface area contributed by atoms with E-state index >= 15 is 0 Å². The number of rotatable bonds is 7. The maximum Gasteiger partial charge on any atom is 0.311 e. The van der Waals surface area contributed by atoms with Crippen molar-refractivity contribution in [2.24, 2.45) is 17.8 Å². The Morgan fingerprint density at radius 2 is 1.60 bits per heavy atom. The Morgan fingerprint density at radius 3 is 2.16 bits per heavy atom. The molecule has 2 fully saturated rings. The number of ether oxygens (including phenoxy) is 6. The minimum Gasteiger partial charge on any atom is -0.459 e. The van der Waals surface area contributed by atoms with Crippen LogP contribution in [0, 0.1) is 17.8 Å². The number of aliphatic hydroxyl groups is 4. The first kappa shape index (κ1) is 42.9. The van der Waals surface area contributed by atoms with Gasteiger partial charge in [-0.2, -0.15) is 0 Å². The average molecular weight is 716 g/mol. The smallest absolute Gasteiger partial charge is 0.311 e. The fourth-order valence-corrected chi connectivity index (χ4v) is 8.09. The molecule has 3 aliphatic heterocycles. The lowest BCUT2D eigenvalue weighted by Crippen LogP contribution is -2.60. The molecule has 3 aliphatic rings. The number of carbonyl (C=O) groups is 2. The molecule has 0 aromatic carbocycles. The van der Waals surface area contributed by atoms with E-state index in [-0.39, 0.29) is 42.8 Å². The highest BCUT2D eigenvalue weighted by molar-refractivity contribution is 5.96. The maximum atomic E-state index is 14.0. The van der Waals surface area contributed by atoms with Gasteiger partial charge >= 0.3 is 5.97 Å². The SMILES string of the molecule is CCC1OC(=O)C(C)C(OC2CC(C)(OC)C(O)C(C)O2)C(C)C(OC2OC(C)CC(N(C)C)C2O)C(C)(O)CC(C)C(=O)/C(C)=C\C1(C)O. The number of cyclic esters (lactones) is 1. The first-order valence-corrected chi connectivity index (χ1v) is 18.1. The second-order valence-corrected chi connectivity index (χ2v) is 16.0. The van der Waals surface area contributed by atoms with E-state index in [0.717, 1.165) is 0 Å². The first-order chi connectivity index (χ1) is 23.0. The predicted molar refractivity (Wildman–Crippen MR) is 185 cm³/mol. The Labute approximate surface area is 298 Å². The highest BCUT2D eigenvalue weighted by atomic mass is 16.7. The molecule has 290 valence electrons. The molecular weight excluding hydrogens is 650 g/mol. The number of esters is 1. The van der Waals surface area contributed by atoms with Crippen molar-refractivity contribution in [1.29, 1.82) is 0 Å². The number of allylic oxidation sites excluding steroid dienone is 1. The van der Waals surface area contributed by atoms with Gasteiger partial charge < -0.3 is 53.7 Å². The Morgan fingerprint density at radius 1 is 0.980 bits per heavy atom. The van der Waals surface area contributed by atoms with Crippen LogP contribution in [0.15, 0.2) is 11.6 Å². The van der Waals surface area contributed by atoms with Crippen molar-refractivity contribution in [3.05, 3.63) is 11.6 Å². The van der Waals surface area contributed by atoms with Crippen LogP contribution in [0.3, 0.4) is 0 Å². The van der Waals surface area contributed by atoms with Crippen LogP contribution in [0.1, 0.15) is 94.9 Å². The van der Waals surface area contributed by atoms with Crippen molar-refractivity contribution in [2.75, 3.05) is 21.2 Å². The molecule has 0 aromatic heterocycles. The van der Waals surface area contributed by atoms with Gasteiger partial charge in [-0.3, -0.25) is 9.59 Å². The molecule has 13 nitrogen and oxygen atoms in total. The van der Waals surface area contributed by atoms with Gasteiger partial charge in [-0.25, -0.2) is 0 Å². The zero-order valence-corrected chi connectivity index (χ0v) is 32.4. The Balaban J connectivity index is 2.18. The lowest BCUT2D eigenvalue weighted by atomic mass is 9.76. The van der Waals surface area contributed by atoms with E-state index in [0.29, 0.717) is 6.42 Å². The molecule has 13 heteroatoms. The second-order valence-electron chi connectivity index (χ2n) is 16.0. The molecular formula is C37H65NO12. The van der Waals surface area contributed by atoms with Gasteiger partial charge in [0.2, 0.25) is 0 Å². The van der Waals surface area contributed by atoms with E-state index in [2.05, 4.69) is 0 Å². The second kappa shape index (κ2) is 16.7. The molecule has 0 bridgehead atoms. The fraction of sp³-hybridized carbons (Fsp3) is 0.892. The molecule has 16 atom stereocenters. The number of nitrogens with zero attached hydrogens (tertiary/aromatic N) is 1. The minimum atomic E-state index is -1.73. The third kappa shape index (κ3) is 9.52. The van der Waals surface area contributed by atoms with Crippen LogP contribution in [-0.2, 0) is 38.0 Å². The summed E-state index contributed by atoms with van der Waals surface area (Å²) < 4.78 is 37.2. The third-order valence-corrected chi connectivity index (χ3v) is 11.2. The quantitative estimate of drug-likeness (QED) is 0.284. The predicted octanol–water partition coefficient (Wildman–Crippen LogP) is 2.73. The number of methoxy groups -OCH3 is 1. The van der Waals surface area contributed by atoms with Crippen LogP contribution < -0.4 is 0 Å². The van der Waals surface area contributed by atoms with Crippen LogP contribution in [-0.4, -0.2) is 136 Å². The molecule has 50 heavy (non-hydrogen) atoms. The molecule has 4 N–H and O–H groups in total. The van der Waals surface area contributed by atoms with Crippen LogP contribution >= 0.6 is 0 Å². The Bertz CT molecular complexity index is 1190. The van der Waals surface area contributed by atoms with Crippen molar-refractivity contribution in [3.63, 3.8) is 0 Å². The maximum absolute atomic E-state index is 14.0. The summed E-state index contributed by atoms with van der Waals surface area (Å²) in [5, 5.41) is 46.1. The van der Waals surface area contributed by atoms with Crippen LogP contribution in [0.4, 0.5) is 0 Å². The molecule has 3 rings (SSSR count). The van der Waals surface area contributed by atoms with Gasteiger partial charge in [0.05, 0.1) is 41.5 Å². The summed E-state index contributed by atoms with van der Waals surface area (Å²) in [6, 6.07) is -0.300. The third-order valence-electron chi connectivity index (χ3n) is 11.2. The van der Waals surface area contributed by atoms with Crippen LogP contribution in [0.2, 0.25) is 0 Å². The summed E-state index contributed by atoms with van der Waals surface area (Å²) in [5.74, 6) is -3.48. The molecule has 0 amide bonds. The number of hydrogen-bond donors (Lipinski definition) is 4. The fourth-order valence-electron chi connectivity index (χ4n) is 8.09. The summed E-state index contributed by atoms with van der Waals surface area (Å²) >= 11 is 0. The van der Waals surface area contributed by atoms with Gasteiger partial charge in [0.15, 0.2) is 18.4 Å². The summed E-state index contributed by atoms with van der Waals surface area (Å²) in [6.07, 6.45) is -5.98. The number of ketones is 1. The lowest BCUT2D eigenvalue weighted by Gasteiger charge is -2.48. The van der Waals surface area contributed by atoms with E-state index in [1.165, 1.54) is 20.1 Å². The standard InChI is InChI=1S/C37H65NO12/c1-14-26-35(8,43)16-19(2)28(39)20(3)17-36(9,44)32(50-34-29(40)25(38(11)12)15-21(4)46-34)22(5)30(23(6)33(42)48-26)49-27-18-37(10,45-13)31(41)24(7)47-27/h16,20-27,29-32,34,40-41,43-44H,14-15,17-18H2,1-13H3/b19-16-. The van der Waals surface area contributed by atoms with Crippen LogP contribution in [0.5, 0.6) is 0 Å². The molecule has 0 saturated carbocycles. The highest BCUT2D eigenvalue weighted by Gasteiger charge is 2.52. The van der Waals surface area contributed by atoms with Crippen molar-refractivity contribution in [2.45, 2.75) is 173 Å². The topological polar surface area (TPSA) is 174 Å². The first-order valence-electron chi connectivity index (χ1n) is 18.1. The highest BCUT2D eigenvalue weighted by Crippen LogP contribution is 2.40. The van der Waals surface area contributed by atoms with E-state index in [4.69, 9.17) is 28.4 Å².